The lowest BCUT2D eigenvalue weighted by Gasteiger charge is -2.16. The Morgan fingerprint density at radius 2 is 2.09 bits per heavy atom. The van der Waals surface area contributed by atoms with Gasteiger partial charge in [0.1, 0.15) is 24.4 Å². The highest BCUT2D eigenvalue weighted by Gasteiger charge is 2.16. The van der Waals surface area contributed by atoms with Crippen LogP contribution in [0.25, 0.3) is 11.0 Å². The third kappa shape index (κ3) is 6.82. The molecule has 3 rings (SSSR count). The SMILES string of the molecule is CCC(CCCNC)Cc1c[nH]c2ncnc(Nc3ccc(OCCO)c(OCC(=O)O)c3)c12. The molecule has 1 aromatic carbocycles. The van der Waals surface area contributed by atoms with Crippen molar-refractivity contribution in [3.63, 3.8) is 0 Å². The number of rotatable bonds is 15. The van der Waals surface area contributed by atoms with Gasteiger partial charge >= 0.3 is 5.97 Å². The van der Waals surface area contributed by atoms with E-state index in [9.17, 15) is 4.79 Å². The maximum Gasteiger partial charge on any atom is 0.341 e. The number of carbonyl (C=O) groups is 1. The van der Waals surface area contributed by atoms with Gasteiger partial charge in [-0.15, -0.1) is 0 Å². The van der Waals surface area contributed by atoms with E-state index < -0.39 is 12.6 Å². The fraction of sp³-hybridized carbons (Fsp3) is 0.458. The van der Waals surface area contributed by atoms with Crippen molar-refractivity contribution in [3.05, 3.63) is 36.3 Å². The zero-order valence-electron chi connectivity index (χ0n) is 19.6. The number of H-pyrrole nitrogens is 1. The van der Waals surface area contributed by atoms with Crippen LogP contribution in [0, 0.1) is 5.92 Å². The highest BCUT2D eigenvalue weighted by atomic mass is 16.5. The first-order chi connectivity index (χ1) is 16.5. The van der Waals surface area contributed by atoms with Gasteiger partial charge < -0.3 is 35.3 Å². The summed E-state index contributed by atoms with van der Waals surface area (Å²) in [5, 5.41) is 25.5. The molecule has 10 heteroatoms. The molecule has 0 aliphatic carbocycles. The fourth-order valence-electron chi connectivity index (χ4n) is 3.86. The summed E-state index contributed by atoms with van der Waals surface area (Å²) in [6, 6.07) is 5.11. The second kappa shape index (κ2) is 12.8. The third-order valence-corrected chi connectivity index (χ3v) is 5.58. The van der Waals surface area contributed by atoms with Gasteiger partial charge in [-0.25, -0.2) is 14.8 Å². The van der Waals surface area contributed by atoms with Crippen molar-refractivity contribution in [1.82, 2.24) is 20.3 Å². The van der Waals surface area contributed by atoms with E-state index in [2.05, 4.69) is 32.5 Å². The minimum Gasteiger partial charge on any atom is -0.487 e. The molecule has 10 nitrogen and oxygen atoms in total. The molecular weight excluding hydrogens is 438 g/mol. The number of ether oxygens (including phenoxy) is 2. The maximum absolute atomic E-state index is 11.0. The minimum atomic E-state index is -1.10. The predicted octanol–water partition coefficient (Wildman–Crippen LogP) is 3.10. The lowest BCUT2D eigenvalue weighted by Crippen LogP contribution is -2.11. The monoisotopic (exact) mass is 471 g/mol. The summed E-state index contributed by atoms with van der Waals surface area (Å²) in [5.41, 5.74) is 2.56. The first kappa shape index (κ1) is 25.3. The maximum atomic E-state index is 11.0. The van der Waals surface area contributed by atoms with Gasteiger partial charge in [-0.05, 0) is 56.5 Å². The molecule has 0 saturated heterocycles. The van der Waals surface area contributed by atoms with E-state index in [1.165, 1.54) is 6.33 Å². The molecule has 0 fully saturated rings. The van der Waals surface area contributed by atoms with E-state index in [0.29, 0.717) is 23.2 Å². The summed E-state index contributed by atoms with van der Waals surface area (Å²) in [7, 11) is 1.97. The normalized spacial score (nSPS) is 12.0. The van der Waals surface area contributed by atoms with Crippen molar-refractivity contribution in [1.29, 1.82) is 0 Å². The molecule has 1 atom stereocenters. The van der Waals surface area contributed by atoms with E-state index in [0.717, 1.165) is 48.8 Å². The van der Waals surface area contributed by atoms with Crippen LogP contribution < -0.4 is 20.1 Å². The van der Waals surface area contributed by atoms with Crippen LogP contribution in [0.1, 0.15) is 31.7 Å². The number of fused-ring (bicyclic) bond motifs is 1. The number of hydrogen-bond donors (Lipinski definition) is 5. The smallest absolute Gasteiger partial charge is 0.341 e. The standard InChI is InChI=1S/C24H33N5O5/c1-3-16(5-4-8-25-2)11-17-13-26-23-22(17)24(28-15-27-23)29-18-6-7-19(33-10-9-30)20(12-18)34-14-21(31)32/h6-7,12-13,15-16,25,30H,3-5,8-11,14H2,1-2H3,(H,31,32)(H2,26,27,28,29). The van der Waals surface area contributed by atoms with Gasteiger partial charge in [-0.3, -0.25) is 0 Å². The Morgan fingerprint density at radius 1 is 1.24 bits per heavy atom. The second-order valence-electron chi connectivity index (χ2n) is 8.02. The van der Waals surface area contributed by atoms with Gasteiger partial charge in [0.2, 0.25) is 0 Å². The molecular formula is C24H33N5O5. The minimum absolute atomic E-state index is 0.0718. The summed E-state index contributed by atoms with van der Waals surface area (Å²) in [5.74, 6) is 0.722. The van der Waals surface area contributed by atoms with Crippen molar-refractivity contribution in [2.75, 3.05) is 38.7 Å². The number of aliphatic hydroxyl groups excluding tert-OH is 1. The molecule has 1 unspecified atom stereocenters. The molecule has 2 aromatic heterocycles. The Kier molecular flexibility index (Phi) is 9.48. The largest absolute Gasteiger partial charge is 0.487 e. The van der Waals surface area contributed by atoms with Crippen LogP contribution >= 0.6 is 0 Å². The van der Waals surface area contributed by atoms with E-state index in [1.54, 1.807) is 18.2 Å². The molecule has 5 N–H and O–H groups in total. The Labute approximate surface area is 198 Å². The molecule has 0 spiro atoms. The van der Waals surface area contributed by atoms with Gasteiger partial charge in [-0.2, -0.15) is 0 Å². The van der Waals surface area contributed by atoms with Crippen LogP contribution in [-0.4, -0.2) is 64.5 Å². The van der Waals surface area contributed by atoms with E-state index in [-0.39, 0.29) is 19.0 Å². The average molecular weight is 472 g/mol. The number of aromatic amines is 1. The van der Waals surface area contributed by atoms with Crippen LogP contribution in [0.2, 0.25) is 0 Å². The van der Waals surface area contributed by atoms with Crippen LogP contribution in [0.15, 0.2) is 30.7 Å². The van der Waals surface area contributed by atoms with Crippen molar-refractivity contribution in [2.24, 2.45) is 5.92 Å². The molecule has 0 saturated carbocycles. The zero-order valence-corrected chi connectivity index (χ0v) is 19.6. The molecule has 184 valence electrons. The first-order valence-electron chi connectivity index (χ1n) is 11.5. The number of aliphatic carboxylic acids is 1. The third-order valence-electron chi connectivity index (χ3n) is 5.58. The molecule has 0 amide bonds. The Hall–Kier alpha value is -3.37. The summed E-state index contributed by atoms with van der Waals surface area (Å²) in [4.78, 5) is 23.1. The molecule has 34 heavy (non-hydrogen) atoms. The number of anilines is 2. The number of benzene rings is 1. The van der Waals surface area contributed by atoms with Crippen molar-refractivity contribution < 1.29 is 24.5 Å². The quantitative estimate of drug-likeness (QED) is 0.211. The molecule has 2 heterocycles. The first-order valence-corrected chi connectivity index (χ1v) is 11.5. The average Bonchev–Trinajstić information content (AvgIpc) is 3.25. The number of carboxylic acid groups (broad SMARTS) is 1. The summed E-state index contributed by atoms with van der Waals surface area (Å²) < 4.78 is 10.9. The number of hydrogen-bond acceptors (Lipinski definition) is 8. The summed E-state index contributed by atoms with van der Waals surface area (Å²) >= 11 is 0. The highest BCUT2D eigenvalue weighted by molar-refractivity contribution is 5.92. The number of aliphatic hydroxyl groups is 1. The summed E-state index contributed by atoms with van der Waals surface area (Å²) in [6.45, 7) is 2.62. The van der Waals surface area contributed by atoms with Gasteiger partial charge in [0.05, 0.1) is 12.0 Å². The van der Waals surface area contributed by atoms with Gasteiger partial charge in [0.25, 0.3) is 0 Å². The Bertz CT molecular complexity index is 1070. The Balaban J connectivity index is 1.85. The number of carboxylic acids is 1. The van der Waals surface area contributed by atoms with E-state index in [4.69, 9.17) is 19.7 Å². The molecule has 0 aliphatic heterocycles. The summed E-state index contributed by atoms with van der Waals surface area (Å²) in [6.07, 6.45) is 7.77. The number of nitrogens with one attached hydrogen (secondary N) is 3. The van der Waals surface area contributed by atoms with Crippen LogP contribution in [0.3, 0.4) is 0 Å². The topological polar surface area (TPSA) is 142 Å². The molecule has 0 radical (unpaired) electrons. The zero-order chi connectivity index (χ0) is 24.3. The van der Waals surface area contributed by atoms with Gasteiger partial charge in [0.15, 0.2) is 18.1 Å². The van der Waals surface area contributed by atoms with Crippen LogP contribution in [0.4, 0.5) is 11.5 Å². The van der Waals surface area contributed by atoms with Crippen molar-refractivity contribution in [2.45, 2.75) is 32.6 Å². The van der Waals surface area contributed by atoms with Gasteiger partial charge in [-0.1, -0.05) is 13.3 Å². The number of aromatic nitrogens is 3. The van der Waals surface area contributed by atoms with E-state index in [1.807, 2.05) is 13.2 Å². The fourth-order valence-corrected chi connectivity index (χ4v) is 3.86. The Morgan fingerprint density at radius 3 is 2.82 bits per heavy atom. The highest BCUT2D eigenvalue weighted by Crippen LogP contribution is 2.34. The second-order valence-corrected chi connectivity index (χ2v) is 8.02. The molecule has 3 aromatic rings. The lowest BCUT2D eigenvalue weighted by molar-refractivity contribution is -0.139. The number of nitrogens with zero attached hydrogens (tertiary/aromatic N) is 2. The van der Waals surface area contributed by atoms with Crippen molar-refractivity contribution >= 4 is 28.5 Å². The lowest BCUT2D eigenvalue weighted by atomic mass is 9.92. The predicted molar refractivity (Wildman–Crippen MR) is 130 cm³/mol. The van der Waals surface area contributed by atoms with E-state index >= 15 is 0 Å². The van der Waals surface area contributed by atoms with Crippen molar-refractivity contribution in [3.8, 4) is 11.5 Å². The van der Waals surface area contributed by atoms with Gasteiger partial charge in [0, 0.05) is 18.0 Å². The molecule has 0 bridgehead atoms. The molecule has 0 aliphatic rings. The van der Waals surface area contributed by atoms with Crippen LogP contribution in [0.5, 0.6) is 11.5 Å². The van der Waals surface area contributed by atoms with Crippen LogP contribution in [-0.2, 0) is 11.2 Å².